The zero-order chi connectivity index (χ0) is 14.3. The third-order valence-electron chi connectivity index (χ3n) is 2.64. The average Bonchev–Trinajstić information content (AvgIpc) is 2.36. The van der Waals surface area contributed by atoms with E-state index in [-0.39, 0.29) is 6.54 Å². The Morgan fingerprint density at radius 3 is 2.47 bits per heavy atom. The lowest BCUT2D eigenvalue weighted by Gasteiger charge is -2.23. The maximum absolute atomic E-state index is 12.4. The Kier molecular flexibility index (Phi) is 6.08. The maximum atomic E-state index is 12.4. The molecule has 0 amide bonds. The van der Waals surface area contributed by atoms with Crippen LogP contribution in [0.5, 0.6) is 0 Å². The van der Waals surface area contributed by atoms with Crippen molar-refractivity contribution in [2.75, 3.05) is 24.5 Å². The van der Waals surface area contributed by atoms with Gasteiger partial charge in [0.1, 0.15) is 12.4 Å². The van der Waals surface area contributed by atoms with Gasteiger partial charge < -0.3 is 10.2 Å². The van der Waals surface area contributed by atoms with Gasteiger partial charge in [0.25, 0.3) is 0 Å². The van der Waals surface area contributed by atoms with Crippen LogP contribution < -0.4 is 10.2 Å². The lowest BCUT2D eigenvalue weighted by Crippen LogP contribution is -2.34. The molecule has 0 fully saturated rings. The van der Waals surface area contributed by atoms with E-state index in [0.717, 1.165) is 18.5 Å². The minimum absolute atomic E-state index is 0.278. The van der Waals surface area contributed by atoms with Crippen LogP contribution in [-0.4, -0.2) is 30.8 Å². The Morgan fingerprint density at radius 2 is 2.00 bits per heavy atom. The number of alkyl halides is 3. The summed E-state index contributed by atoms with van der Waals surface area (Å²) in [5, 5.41) is 3.22. The van der Waals surface area contributed by atoms with Crippen molar-refractivity contribution >= 4 is 5.82 Å². The number of nitrogens with zero attached hydrogens (tertiary/aromatic N) is 2. The summed E-state index contributed by atoms with van der Waals surface area (Å²) in [4.78, 5) is 5.31. The number of hydrogen-bond acceptors (Lipinski definition) is 3. The number of rotatable bonds is 7. The number of anilines is 1. The van der Waals surface area contributed by atoms with Gasteiger partial charge in [0.15, 0.2) is 0 Å². The molecule has 0 saturated heterocycles. The van der Waals surface area contributed by atoms with Gasteiger partial charge >= 0.3 is 6.18 Å². The summed E-state index contributed by atoms with van der Waals surface area (Å²) < 4.78 is 37.2. The van der Waals surface area contributed by atoms with Gasteiger partial charge in [-0.25, -0.2) is 4.98 Å². The van der Waals surface area contributed by atoms with Crippen LogP contribution in [0, 0.1) is 0 Å². The van der Waals surface area contributed by atoms with Crippen LogP contribution in [0.1, 0.15) is 25.8 Å². The van der Waals surface area contributed by atoms with E-state index in [9.17, 15) is 13.2 Å². The molecule has 1 aromatic heterocycles. The topological polar surface area (TPSA) is 28.2 Å². The first-order valence-corrected chi connectivity index (χ1v) is 6.43. The van der Waals surface area contributed by atoms with E-state index in [4.69, 9.17) is 0 Å². The number of halogens is 3. The fourth-order valence-electron chi connectivity index (χ4n) is 1.69. The molecule has 108 valence electrons. The van der Waals surface area contributed by atoms with Crippen LogP contribution in [0.15, 0.2) is 18.3 Å². The van der Waals surface area contributed by atoms with Crippen molar-refractivity contribution in [3.63, 3.8) is 0 Å². The van der Waals surface area contributed by atoms with Gasteiger partial charge in [-0.2, -0.15) is 13.2 Å². The molecule has 1 aromatic rings. The minimum atomic E-state index is -4.21. The maximum Gasteiger partial charge on any atom is 0.405 e. The van der Waals surface area contributed by atoms with E-state index in [1.165, 1.54) is 4.90 Å². The summed E-state index contributed by atoms with van der Waals surface area (Å²) in [5.41, 5.74) is 0.972. The van der Waals surface area contributed by atoms with Crippen molar-refractivity contribution in [3.05, 3.63) is 23.9 Å². The smallest absolute Gasteiger partial charge is 0.348 e. The molecule has 1 heterocycles. The number of pyridine rings is 1. The molecule has 0 radical (unpaired) electrons. The Balaban J connectivity index is 2.62. The van der Waals surface area contributed by atoms with E-state index >= 15 is 0 Å². The van der Waals surface area contributed by atoms with Crippen molar-refractivity contribution in [2.24, 2.45) is 0 Å². The van der Waals surface area contributed by atoms with Gasteiger partial charge in [0.2, 0.25) is 0 Å². The van der Waals surface area contributed by atoms with Crippen molar-refractivity contribution < 1.29 is 13.2 Å². The van der Waals surface area contributed by atoms with Crippen molar-refractivity contribution in [1.29, 1.82) is 0 Å². The van der Waals surface area contributed by atoms with E-state index in [2.05, 4.69) is 17.2 Å². The SMILES string of the molecule is CCCNCc1ccc(N(CC)CC(F)(F)F)nc1. The fourth-order valence-corrected chi connectivity index (χ4v) is 1.69. The van der Waals surface area contributed by atoms with Crippen molar-refractivity contribution in [3.8, 4) is 0 Å². The highest BCUT2D eigenvalue weighted by atomic mass is 19.4. The summed E-state index contributed by atoms with van der Waals surface area (Å²) in [6.45, 7) is 4.67. The molecule has 1 rings (SSSR count). The minimum Gasteiger partial charge on any atom is -0.348 e. The quantitative estimate of drug-likeness (QED) is 0.775. The summed E-state index contributed by atoms with van der Waals surface area (Å²) in [7, 11) is 0. The Morgan fingerprint density at radius 1 is 1.26 bits per heavy atom. The van der Waals surface area contributed by atoms with Gasteiger partial charge in [0.05, 0.1) is 0 Å². The predicted octanol–water partition coefficient (Wildman–Crippen LogP) is 2.97. The molecule has 1 N–H and O–H groups in total. The van der Waals surface area contributed by atoms with Crippen LogP contribution in [-0.2, 0) is 6.54 Å². The highest BCUT2D eigenvalue weighted by Gasteiger charge is 2.30. The third-order valence-corrected chi connectivity index (χ3v) is 2.64. The Labute approximate surface area is 111 Å². The lowest BCUT2D eigenvalue weighted by atomic mass is 10.2. The molecule has 6 heteroatoms. The molecular formula is C13H20F3N3. The molecular weight excluding hydrogens is 255 g/mol. The van der Waals surface area contributed by atoms with Crippen LogP contribution in [0.25, 0.3) is 0 Å². The predicted molar refractivity (Wildman–Crippen MR) is 70.2 cm³/mol. The highest BCUT2D eigenvalue weighted by Crippen LogP contribution is 2.20. The van der Waals surface area contributed by atoms with Gasteiger partial charge in [-0.15, -0.1) is 0 Å². The van der Waals surface area contributed by atoms with Crippen LogP contribution in [0.4, 0.5) is 19.0 Å². The fraction of sp³-hybridized carbons (Fsp3) is 0.615. The van der Waals surface area contributed by atoms with Crippen LogP contribution in [0.2, 0.25) is 0 Å². The third kappa shape index (κ3) is 5.92. The van der Waals surface area contributed by atoms with E-state index in [0.29, 0.717) is 12.4 Å². The molecule has 0 spiro atoms. The summed E-state index contributed by atoms with van der Waals surface area (Å²) >= 11 is 0. The highest BCUT2D eigenvalue weighted by molar-refractivity contribution is 5.39. The first kappa shape index (κ1) is 15.8. The second kappa shape index (κ2) is 7.33. The normalized spacial score (nSPS) is 11.6. The van der Waals surface area contributed by atoms with Gasteiger partial charge in [0, 0.05) is 19.3 Å². The largest absolute Gasteiger partial charge is 0.405 e. The molecule has 3 nitrogen and oxygen atoms in total. The van der Waals surface area contributed by atoms with Crippen molar-refractivity contribution in [1.82, 2.24) is 10.3 Å². The van der Waals surface area contributed by atoms with E-state index < -0.39 is 12.7 Å². The summed E-state index contributed by atoms with van der Waals surface area (Å²) in [6.07, 6.45) is -1.54. The van der Waals surface area contributed by atoms with Crippen LogP contribution in [0.3, 0.4) is 0 Å². The molecule has 0 atom stereocenters. The average molecular weight is 275 g/mol. The molecule has 0 saturated carbocycles. The first-order valence-electron chi connectivity index (χ1n) is 6.43. The van der Waals surface area contributed by atoms with Gasteiger partial charge in [-0.3, -0.25) is 0 Å². The zero-order valence-electron chi connectivity index (χ0n) is 11.3. The first-order chi connectivity index (χ1) is 8.96. The van der Waals surface area contributed by atoms with Gasteiger partial charge in [-0.1, -0.05) is 13.0 Å². The number of nitrogens with one attached hydrogen (secondary N) is 1. The Bertz CT molecular complexity index is 362. The molecule has 0 bridgehead atoms. The zero-order valence-corrected chi connectivity index (χ0v) is 11.3. The van der Waals surface area contributed by atoms with Gasteiger partial charge in [-0.05, 0) is 31.5 Å². The summed E-state index contributed by atoms with van der Waals surface area (Å²) in [6, 6.07) is 3.45. The van der Waals surface area contributed by atoms with Crippen molar-refractivity contribution in [2.45, 2.75) is 33.0 Å². The second-order valence-electron chi connectivity index (χ2n) is 4.33. The molecule has 0 unspecified atom stereocenters. The summed E-state index contributed by atoms with van der Waals surface area (Å²) in [5.74, 6) is 0.360. The van der Waals surface area contributed by atoms with E-state index in [1.807, 2.05) is 6.07 Å². The Hall–Kier alpha value is -1.30. The standard InChI is InChI=1S/C13H20F3N3/c1-3-7-17-8-11-5-6-12(18-9-11)19(4-2)10-13(14,15)16/h5-6,9,17H,3-4,7-8,10H2,1-2H3. The van der Waals surface area contributed by atoms with E-state index in [1.54, 1.807) is 19.2 Å². The molecule has 19 heavy (non-hydrogen) atoms. The van der Waals surface area contributed by atoms with Crippen LogP contribution >= 0.6 is 0 Å². The number of hydrogen-bond donors (Lipinski definition) is 1. The lowest BCUT2D eigenvalue weighted by molar-refractivity contribution is -0.119. The molecule has 0 aromatic carbocycles. The molecule has 0 aliphatic rings. The molecule has 0 aliphatic heterocycles. The number of aromatic nitrogens is 1. The molecule has 0 aliphatic carbocycles. The second-order valence-corrected chi connectivity index (χ2v) is 4.33. The monoisotopic (exact) mass is 275 g/mol.